The summed E-state index contributed by atoms with van der Waals surface area (Å²) in [6.07, 6.45) is 2.77. The van der Waals surface area contributed by atoms with Gasteiger partial charge in [-0.1, -0.05) is 24.3 Å². The molecule has 2 N–H and O–H groups in total. The van der Waals surface area contributed by atoms with Crippen LogP contribution in [0.3, 0.4) is 0 Å². The van der Waals surface area contributed by atoms with Crippen LogP contribution in [0, 0.1) is 0 Å². The molecule has 0 aromatic heterocycles. The van der Waals surface area contributed by atoms with Gasteiger partial charge in [0.05, 0.1) is 27.6 Å². The number of amides is 2. The minimum atomic E-state index is -3.67. The molecule has 30 heavy (non-hydrogen) atoms. The Morgan fingerprint density at radius 2 is 2.07 bits per heavy atom. The van der Waals surface area contributed by atoms with Gasteiger partial charge in [-0.3, -0.25) is 9.59 Å². The van der Waals surface area contributed by atoms with Gasteiger partial charge < -0.3 is 10.6 Å². The van der Waals surface area contributed by atoms with Crippen LogP contribution in [0.5, 0.6) is 0 Å². The van der Waals surface area contributed by atoms with Crippen LogP contribution in [0.1, 0.15) is 43.4 Å². The van der Waals surface area contributed by atoms with E-state index in [2.05, 4.69) is 16.7 Å². The Labute approximate surface area is 180 Å². The molecule has 0 radical (unpaired) electrons. The molecule has 2 unspecified atom stereocenters. The molecule has 2 aromatic carbocycles. The zero-order valence-corrected chi connectivity index (χ0v) is 18.3. The first-order valence-corrected chi connectivity index (χ1v) is 12.6. The predicted octanol–water partition coefficient (Wildman–Crippen LogP) is 3.48. The summed E-state index contributed by atoms with van der Waals surface area (Å²) < 4.78 is 26.1. The predicted molar refractivity (Wildman–Crippen MR) is 117 cm³/mol. The molecule has 0 bridgehead atoms. The van der Waals surface area contributed by atoms with Crippen LogP contribution in [-0.2, 0) is 25.8 Å². The fourth-order valence-electron chi connectivity index (χ4n) is 3.99. The first kappa shape index (κ1) is 20.9. The van der Waals surface area contributed by atoms with Crippen LogP contribution < -0.4 is 10.6 Å². The lowest BCUT2D eigenvalue weighted by Crippen LogP contribution is -2.34. The Morgan fingerprint density at radius 3 is 2.90 bits per heavy atom. The second-order valence-corrected chi connectivity index (χ2v) is 11.1. The monoisotopic (exact) mass is 444 g/mol. The Kier molecular flexibility index (Phi) is 5.88. The number of sulfone groups is 1. The maximum atomic E-state index is 13.0. The third-order valence-electron chi connectivity index (χ3n) is 5.62. The lowest BCUT2D eigenvalue weighted by Gasteiger charge is -2.27. The molecule has 2 amide bonds. The van der Waals surface area contributed by atoms with Crippen LogP contribution in [0.25, 0.3) is 0 Å². The molecular weight excluding hydrogens is 420 g/mol. The highest BCUT2D eigenvalue weighted by Crippen LogP contribution is 2.34. The van der Waals surface area contributed by atoms with Gasteiger partial charge in [-0.2, -0.15) is 0 Å². The zero-order chi connectivity index (χ0) is 21.3. The van der Waals surface area contributed by atoms with Crippen molar-refractivity contribution in [2.45, 2.75) is 53.7 Å². The number of rotatable bonds is 5. The molecule has 1 aliphatic heterocycles. The van der Waals surface area contributed by atoms with Crippen molar-refractivity contribution in [2.24, 2.45) is 0 Å². The van der Waals surface area contributed by atoms with E-state index in [1.54, 1.807) is 19.1 Å². The highest BCUT2D eigenvalue weighted by Gasteiger charge is 2.29. The number of carbonyl (C=O) groups is 2. The lowest BCUT2D eigenvalue weighted by atomic mass is 9.87. The maximum Gasteiger partial charge on any atom is 0.234 e. The average Bonchev–Trinajstić information content (AvgIpc) is 2.73. The fraction of sp³-hybridized carbons (Fsp3) is 0.364. The summed E-state index contributed by atoms with van der Waals surface area (Å²) in [5.74, 6) is -0.0954. The fourth-order valence-corrected chi connectivity index (χ4v) is 6.29. The zero-order valence-electron chi connectivity index (χ0n) is 16.7. The van der Waals surface area contributed by atoms with E-state index >= 15 is 0 Å². The molecule has 2 aliphatic rings. The van der Waals surface area contributed by atoms with Gasteiger partial charge in [-0.15, -0.1) is 11.8 Å². The Hall–Kier alpha value is -2.32. The molecule has 0 fully saturated rings. The number of aryl methyl sites for hydroxylation is 1. The number of anilines is 1. The summed E-state index contributed by atoms with van der Waals surface area (Å²) in [5, 5.41) is 4.91. The molecular formula is C22H24N2O4S2. The van der Waals surface area contributed by atoms with Gasteiger partial charge in [0.1, 0.15) is 0 Å². The highest BCUT2D eigenvalue weighted by atomic mass is 32.2. The van der Waals surface area contributed by atoms with Crippen LogP contribution in [0.4, 0.5) is 5.69 Å². The molecule has 1 aliphatic carbocycles. The highest BCUT2D eigenvalue weighted by molar-refractivity contribution is 8.00. The third-order valence-corrected chi connectivity index (χ3v) is 8.81. The molecule has 158 valence electrons. The lowest BCUT2D eigenvalue weighted by molar-refractivity contribution is -0.122. The van der Waals surface area contributed by atoms with Gasteiger partial charge in [-0.25, -0.2) is 8.42 Å². The van der Waals surface area contributed by atoms with Crippen LogP contribution in [0.2, 0.25) is 0 Å². The molecule has 2 aromatic rings. The van der Waals surface area contributed by atoms with Crippen molar-refractivity contribution in [3.8, 4) is 0 Å². The standard InChI is InChI=1S/C22H24N2O4S2/c1-14(11-21(25)23-18-8-4-6-15-5-2-3-7-17(15)18)30(27,28)16-9-10-19-20(12-16)29-13-22(26)24-19/h2-3,5,7,9-10,12,14,18H,4,6,8,11,13H2,1H3,(H,23,25)(H,24,26). The van der Waals surface area contributed by atoms with Gasteiger partial charge >= 0.3 is 0 Å². The normalized spacial score (nSPS) is 19.2. The number of carbonyl (C=O) groups excluding carboxylic acids is 2. The minimum absolute atomic E-state index is 0.0684. The summed E-state index contributed by atoms with van der Waals surface area (Å²) >= 11 is 1.31. The van der Waals surface area contributed by atoms with Gasteiger partial charge in [0.25, 0.3) is 0 Å². The van der Waals surface area contributed by atoms with Crippen molar-refractivity contribution in [1.29, 1.82) is 0 Å². The molecule has 2 atom stereocenters. The van der Waals surface area contributed by atoms with Crippen LogP contribution >= 0.6 is 11.8 Å². The number of nitrogens with one attached hydrogen (secondary N) is 2. The van der Waals surface area contributed by atoms with E-state index < -0.39 is 15.1 Å². The molecule has 4 rings (SSSR count). The largest absolute Gasteiger partial charge is 0.349 e. The second kappa shape index (κ2) is 8.43. The molecule has 6 nitrogen and oxygen atoms in total. The number of hydrogen-bond donors (Lipinski definition) is 2. The van der Waals surface area contributed by atoms with Crippen LogP contribution in [-0.4, -0.2) is 31.2 Å². The van der Waals surface area contributed by atoms with E-state index in [1.807, 2.05) is 18.2 Å². The van der Waals surface area contributed by atoms with Crippen molar-refractivity contribution in [3.05, 3.63) is 53.6 Å². The Bertz CT molecular complexity index is 1100. The summed E-state index contributed by atoms with van der Waals surface area (Å²) in [7, 11) is -3.67. The summed E-state index contributed by atoms with van der Waals surface area (Å²) in [5.41, 5.74) is 2.99. The molecule has 0 spiro atoms. The number of thioether (sulfide) groups is 1. The molecule has 1 heterocycles. The van der Waals surface area contributed by atoms with E-state index in [1.165, 1.54) is 23.4 Å². The molecule has 8 heteroatoms. The second-order valence-electron chi connectivity index (χ2n) is 7.77. The van der Waals surface area contributed by atoms with E-state index in [0.29, 0.717) is 5.69 Å². The Balaban J connectivity index is 1.45. The first-order valence-electron chi connectivity index (χ1n) is 10.0. The average molecular weight is 445 g/mol. The van der Waals surface area contributed by atoms with Gasteiger partial charge in [0.15, 0.2) is 9.84 Å². The number of hydrogen-bond acceptors (Lipinski definition) is 5. The Morgan fingerprint density at radius 1 is 1.27 bits per heavy atom. The van der Waals surface area contributed by atoms with Crippen molar-refractivity contribution < 1.29 is 18.0 Å². The smallest absolute Gasteiger partial charge is 0.234 e. The van der Waals surface area contributed by atoms with Crippen molar-refractivity contribution in [2.75, 3.05) is 11.1 Å². The number of benzene rings is 2. The first-order chi connectivity index (χ1) is 14.3. The van der Waals surface area contributed by atoms with E-state index in [0.717, 1.165) is 29.7 Å². The SMILES string of the molecule is CC(CC(=O)NC1CCCc2ccccc21)S(=O)(=O)c1ccc2c(c1)SCC(=O)N2. The topological polar surface area (TPSA) is 92.3 Å². The van der Waals surface area contributed by atoms with Gasteiger partial charge in [0, 0.05) is 11.3 Å². The van der Waals surface area contributed by atoms with Crippen molar-refractivity contribution in [3.63, 3.8) is 0 Å². The van der Waals surface area contributed by atoms with Crippen molar-refractivity contribution >= 4 is 39.1 Å². The minimum Gasteiger partial charge on any atom is -0.349 e. The van der Waals surface area contributed by atoms with E-state index in [-0.39, 0.29) is 34.9 Å². The quantitative estimate of drug-likeness (QED) is 0.737. The molecule has 0 saturated heterocycles. The van der Waals surface area contributed by atoms with Crippen LogP contribution in [0.15, 0.2) is 52.3 Å². The van der Waals surface area contributed by atoms with Gasteiger partial charge in [0.2, 0.25) is 11.8 Å². The van der Waals surface area contributed by atoms with Gasteiger partial charge in [-0.05, 0) is 55.5 Å². The van der Waals surface area contributed by atoms with E-state index in [4.69, 9.17) is 0 Å². The maximum absolute atomic E-state index is 13.0. The third kappa shape index (κ3) is 4.25. The van der Waals surface area contributed by atoms with Crippen molar-refractivity contribution in [1.82, 2.24) is 5.32 Å². The molecule has 0 saturated carbocycles. The summed E-state index contributed by atoms with van der Waals surface area (Å²) in [6.45, 7) is 1.57. The number of fused-ring (bicyclic) bond motifs is 2. The summed E-state index contributed by atoms with van der Waals surface area (Å²) in [6, 6.07) is 12.7. The summed E-state index contributed by atoms with van der Waals surface area (Å²) in [4.78, 5) is 25.0. The van der Waals surface area contributed by atoms with E-state index in [9.17, 15) is 18.0 Å².